The SMILES string of the molecule is C/C(=N\OCc1cccc(C(F)(F)F)c1)c1ccc(-c2cc(-c3cc4c([nH]3)CCNC4=O)ccn2)cc1.O=C(O)C(F)(F)F. The quantitative estimate of drug-likeness (QED) is 0.128. The van der Waals surface area contributed by atoms with Gasteiger partial charge in [0.05, 0.1) is 22.5 Å². The number of alkyl halides is 6. The Balaban J connectivity index is 0.000000566. The molecule has 44 heavy (non-hydrogen) atoms. The van der Waals surface area contributed by atoms with Gasteiger partial charge in [-0.3, -0.25) is 9.78 Å². The van der Waals surface area contributed by atoms with Gasteiger partial charge < -0.3 is 20.2 Å². The van der Waals surface area contributed by atoms with Crippen molar-refractivity contribution in [3.05, 3.63) is 101 Å². The highest BCUT2D eigenvalue weighted by Gasteiger charge is 2.38. The molecule has 3 N–H and O–H groups in total. The van der Waals surface area contributed by atoms with Crippen LogP contribution in [0, 0.1) is 0 Å². The number of carboxylic acids is 1. The van der Waals surface area contributed by atoms with E-state index in [2.05, 4.69) is 20.4 Å². The third-order valence-electron chi connectivity index (χ3n) is 6.40. The molecule has 1 aliphatic rings. The molecular formula is C30H24F6N4O4. The van der Waals surface area contributed by atoms with Crippen LogP contribution in [0.4, 0.5) is 26.3 Å². The van der Waals surface area contributed by atoms with E-state index in [0.717, 1.165) is 52.3 Å². The third-order valence-corrected chi connectivity index (χ3v) is 6.40. The number of amides is 1. The smallest absolute Gasteiger partial charge is 0.475 e. The number of carbonyl (C=O) groups is 2. The maximum absolute atomic E-state index is 12.9. The van der Waals surface area contributed by atoms with Gasteiger partial charge in [-0.05, 0) is 48.4 Å². The molecule has 1 aliphatic heterocycles. The van der Waals surface area contributed by atoms with E-state index in [4.69, 9.17) is 14.7 Å². The second kappa shape index (κ2) is 13.0. The summed E-state index contributed by atoms with van der Waals surface area (Å²) in [5.41, 5.74) is 6.15. The second-order valence-electron chi connectivity index (χ2n) is 9.54. The van der Waals surface area contributed by atoms with E-state index in [0.29, 0.717) is 23.4 Å². The van der Waals surface area contributed by atoms with Crippen LogP contribution in [-0.2, 0) is 28.8 Å². The van der Waals surface area contributed by atoms with Crippen LogP contribution < -0.4 is 5.32 Å². The largest absolute Gasteiger partial charge is 0.490 e. The lowest BCUT2D eigenvalue weighted by molar-refractivity contribution is -0.192. The average molecular weight is 619 g/mol. The van der Waals surface area contributed by atoms with E-state index in [1.807, 2.05) is 42.5 Å². The zero-order valence-corrected chi connectivity index (χ0v) is 22.9. The molecule has 0 unspecified atom stereocenters. The average Bonchev–Trinajstić information content (AvgIpc) is 3.43. The number of carboxylic acid groups (broad SMARTS) is 1. The number of hydrogen-bond donors (Lipinski definition) is 3. The lowest BCUT2D eigenvalue weighted by Gasteiger charge is -2.11. The predicted molar refractivity (Wildman–Crippen MR) is 148 cm³/mol. The molecule has 14 heteroatoms. The highest BCUT2D eigenvalue weighted by atomic mass is 19.4. The van der Waals surface area contributed by atoms with Gasteiger partial charge in [-0.1, -0.05) is 41.6 Å². The Morgan fingerprint density at radius 3 is 2.34 bits per heavy atom. The van der Waals surface area contributed by atoms with E-state index in [9.17, 15) is 31.1 Å². The van der Waals surface area contributed by atoms with Gasteiger partial charge in [-0.15, -0.1) is 0 Å². The van der Waals surface area contributed by atoms with Crippen molar-refractivity contribution in [2.75, 3.05) is 6.54 Å². The monoisotopic (exact) mass is 618 g/mol. The summed E-state index contributed by atoms with van der Waals surface area (Å²) < 4.78 is 70.4. The van der Waals surface area contributed by atoms with Crippen LogP contribution in [0.15, 0.2) is 78.1 Å². The molecule has 0 radical (unpaired) electrons. The maximum Gasteiger partial charge on any atom is 0.490 e. The fourth-order valence-electron chi connectivity index (χ4n) is 4.18. The first-order chi connectivity index (χ1) is 20.7. The van der Waals surface area contributed by atoms with E-state index in [1.54, 1.807) is 19.2 Å². The van der Waals surface area contributed by atoms with Gasteiger partial charge in [0.1, 0.15) is 6.61 Å². The normalized spacial score (nSPS) is 13.3. The minimum absolute atomic E-state index is 0.0653. The third kappa shape index (κ3) is 8.02. The molecule has 0 saturated heterocycles. The maximum atomic E-state index is 12.9. The number of benzene rings is 2. The molecule has 0 spiro atoms. The number of carbonyl (C=O) groups excluding carboxylic acids is 1. The summed E-state index contributed by atoms with van der Waals surface area (Å²) in [6.07, 6.45) is -6.99. The summed E-state index contributed by atoms with van der Waals surface area (Å²) in [6, 6.07) is 18.3. The van der Waals surface area contributed by atoms with Crippen molar-refractivity contribution >= 4 is 17.6 Å². The van der Waals surface area contributed by atoms with Crippen molar-refractivity contribution in [3.63, 3.8) is 0 Å². The number of H-pyrrole nitrogens is 1. The number of halogens is 6. The van der Waals surface area contributed by atoms with Gasteiger partial charge >= 0.3 is 18.3 Å². The van der Waals surface area contributed by atoms with E-state index in [-0.39, 0.29) is 12.5 Å². The number of pyridine rings is 1. The summed E-state index contributed by atoms with van der Waals surface area (Å²) >= 11 is 0. The molecule has 0 aliphatic carbocycles. The van der Waals surface area contributed by atoms with Crippen LogP contribution in [0.2, 0.25) is 0 Å². The first kappa shape index (κ1) is 31.8. The highest BCUT2D eigenvalue weighted by molar-refractivity contribution is 5.99. The molecule has 2 aromatic carbocycles. The Kier molecular flexibility index (Phi) is 9.40. The van der Waals surface area contributed by atoms with Gasteiger partial charge in [0.2, 0.25) is 0 Å². The van der Waals surface area contributed by atoms with E-state index in [1.165, 1.54) is 6.07 Å². The first-order valence-electron chi connectivity index (χ1n) is 12.9. The van der Waals surface area contributed by atoms with Crippen molar-refractivity contribution in [1.29, 1.82) is 0 Å². The van der Waals surface area contributed by atoms with Crippen molar-refractivity contribution in [1.82, 2.24) is 15.3 Å². The van der Waals surface area contributed by atoms with Crippen LogP contribution in [0.1, 0.15) is 39.7 Å². The van der Waals surface area contributed by atoms with Crippen LogP contribution in [0.3, 0.4) is 0 Å². The number of nitrogens with one attached hydrogen (secondary N) is 2. The van der Waals surface area contributed by atoms with E-state index >= 15 is 0 Å². The molecule has 0 saturated carbocycles. The van der Waals surface area contributed by atoms with Gasteiger partial charge in [0.15, 0.2) is 0 Å². The molecule has 4 aromatic rings. The highest BCUT2D eigenvalue weighted by Crippen LogP contribution is 2.30. The Bertz CT molecular complexity index is 1680. The molecule has 8 nitrogen and oxygen atoms in total. The zero-order chi connectivity index (χ0) is 32.1. The molecule has 1 amide bonds. The summed E-state index contributed by atoms with van der Waals surface area (Å²) in [5, 5.41) is 14.0. The fourth-order valence-corrected chi connectivity index (χ4v) is 4.18. The number of aromatic amines is 1. The lowest BCUT2D eigenvalue weighted by Crippen LogP contribution is -2.31. The molecule has 0 bridgehead atoms. The van der Waals surface area contributed by atoms with Crippen LogP contribution in [0.25, 0.3) is 22.5 Å². The topological polar surface area (TPSA) is 117 Å². The standard InChI is InChI=1S/C28H23F3N4O2.C2HF3O2/c1-17(35-37-16-18-3-2-4-22(13-18)28(29,30)31)19-5-7-20(8-6-19)25-14-21(9-11-32-25)26-15-23-24(34-26)10-12-33-27(23)36;3-2(4,5)1(6)7/h2-9,11,13-15,34H,10,12,16H2,1H3,(H,33,36);(H,6,7)/b35-17+;. The summed E-state index contributed by atoms with van der Waals surface area (Å²) in [6.45, 7) is 2.32. The van der Waals surface area contributed by atoms with Gasteiger partial charge in [-0.2, -0.15) is 26.3 Å². The fraction of sp³-hybridized carbons (Fsp3) is 0.200. The Morgan fingerprint density at radius 1 is 1.00 bits per heavy atom. The zero-order valence-electron chi connectivity index (χ0n) is 22.9. The Hall–Kier alpha value is -5.14. The molecule has 0 fully saturated rings. The summed E-state index contributed by atoms with van der Waals surface area (Å²) in [4.78, 5) is 34.1. The van der Waals surface area contributed by atoms with Gasteiger partial charge in [0, 0.05) is 41.7 Å². The molecule has 0 atom stereocenters. The van der Waals surface area contributed by atoms with Gasteiger partial charge in [-0.25, -0.2) is 4.79 Å². The second-order valence-corrected chi connectivity index (χ2v) is 9.54. The molecule has 3 heterocycles. The lowest BCUT2D eigenvalue weighted by atomic mass is 10.0. The van der Waals surface area contributed by atoms with Crippen molar-refractivity contribution in [3.8, 4) is 22.5 Å². The summed E-state index contributed by atoms with van der Waals surface area (Å²) in [5.74, 6) is -2.82. The predicted octanol–water partition coefficient (Wildman–Crippen LogP) is 6.62. The molecule has 230 valence electrons. The van der Waals surface area contributed by atoms with Crippen molar-refractivity contribution < 1.29 is 45.9 Å². The number of nitrogens with zero attached hydrogens (tertiary/aromatic N) is 2. The number of aliphatic carboxylic acids is 1. The minimum Gasteiger partial charge on any atom is -0.475 e. The Morgan fingerprint density at radius 2 is 1.70 bits per heavy atom. The van der Waals surface area contributed by atoms with Crippen LogP contribution >= 0.6 is 0 Å². The van der Waals surface area contributed by atoms with E-state index < -0.39 is 23.9 Å². The van der Waals surface area contributed by atoms with Crippen molar-refractivity contribution in [2.45, 2.75) is 32.3 Å². The molecule has 5 rings (SSSR count). The van der Waals surface area contributed by atoms with Crippen LogP contribution in [-0.4, -0.2) is 45.4 Å². The summed E-state index contributed by atoms with van der Waals surface area (Å²) in [7, 11) is 0. The number of oxime groups is 1. The van der Waals surface area contributed by atoms with Crippen molar-refractivity contribution in [2.24, 2.45) is 5.16 Å². The first-order valence-corrected chi connectivity index (χ1v) is 12.9. The molecule has 2 aromatic heterocycles. The number of rotatable bonds is 6. The van der Waals surface area contributed by atoms with Crippen LogP contribution in [0.5, 0.6) is 0 Å². The Labute approximate surface area is 246 Å². The van der Waals surface area contributed by atoms with Gasteiger partial charge in [0.25, 0.3) is 5.91 Å². The number of hydrogen-bond acceptors (Lipinski definition) is 5. The number of fused-ring (bicyclic) bond motifs is 1. The molecular weight excluding hydrogens is 594 g/mol. The minimum atomic E-state index is -5.08. The number of aromatic nitrogens is 2.